The number of hydrogen-bond donors (Lipinski definition) is 0. The Morgan fingerprint density at radius 2 is 1.77 bits per heavy atom. The normalized spacial score (nSPS) is 13.2. The second kappa shape index (κ2) is 5.37. The molecular weight excluding hydrogens is 192 g/mol. The average Bonchev–Trinajstić information content (AvgIpc) is 2.15. The molecule has 0 amide bonds. The summed E-state index contributed by atoms with van der Waals surface area (Å²) in [6, 6.07) is 11.9. The van der Waals surface area contributed by atoms with Gasteiger partial charge in [-0.1, -0.05) is 37.3 Å². The molecule has 0 saturated heterocycles. The average molecular weight is 210 g/mol. The minimum atomic E-state index is -1.07. The summed E-state index contributed by atoms with van der Waals surface area (Å²) >= 11 is 0. The molecule has 0 heterocycles. The number of benzene rings is 1. The van der Waals surface area contributed by atoms with E-state index in [4.69, 9.17) is 4.12 Å². The molecule has 0 saturated carbocycles. The summed E-state index contributed by atoms with van der Waals surface area (Å²) in [7, 11) is -1.92. The topological polar surface area (TPSA) is 9.23 Å². The zero-order valence-corrected chi connectivity index (χ0v) is 11.0. The molecule has 72 valence electrons. The molecule has 0 N–H and O–H groups in total. The van der Waals surface area contributed by atoms with Crippen LogP contribution >= 0.6 is 0 Å². The quantitative estimate of drug-likeness (QED) is 0.687. The van der Waals surface area contributed by atoms with Crippen molar-refractivity contribution >= 4 is 23.3 Å². The van der Waals surface area contributed by atoms with Crippen LogP contribution in [0, 0.1) is 0 Å². The summed E-state index contributed by atoms with van der Waals surface area (Å²) in [5.41, 5.74) is 0. The Labute approximate surface area is 84.2 Å². The van der Waals surface area contributed by atoms with Crippen LogP contribution in [0.3, 0.4) is 0 Å². The molecule has 0 radical (unpaired) electrons. The van der Waals surface area contributed by atoms with E-state index in [9.17, 15) is 0 Å². The molecule has 0 aliphatic rings. The van der Waals surface area contributed by atoms with Gasteiger partial charge in [-0.2, -0.15) is 0 Å². The monoisotopic (exact) mass is 210 g/mol. The van der Waals surface area contributed by atoms with Crippen LogP contribution in [0.2, 0.25) is 19.1 Å². The van der Waals surface area contributed by atoms with Crippen molar-refractivity contribution in [3.05, 3.63) is 30.3 Å². The van der Waals surface area contributed by atoms with Gasteiger partial charge < -0.3 is 4.12 Å². The second-order valence-electron chi connectivity index (χ2n) is 3.49. The van der Waals surface area contributed by atoms with Gasteiger partial charge in [-0.15, -0.1) is 0 Å². The molecule has 1 rings (SSSR count). The molecule has 1 nitrogen and oxygen atoms in total. The lowest BCUT2D eigenvalue weighted by Crippen LogP contribution is -2.36. The Kier molecular flexibility index (Phi) is 4.41. The van der Waals surface area contributed by atoms with Gasteiger partial charge in [0.1, 0.15) is 0 Å². The first-order chi connectivity index (χ1) is 6.24. The third-order valence-corrected chi connectivity index (χ3v) is 7.34. The Morgan fingerprint density at radius 1 is 1.15 bits per heavy atom. The van der Waals surface area contributed by atoms with Crippen LogP contribution in [0.25, 0.3) is 0 Å². The minimum absolute atomic E-state index is 0.854. The van der Waals surface area contributed by atoms with Gasteiger partial charge in [-0.05, 0) is 24.3 Å². The molecule has 3 heteroatoms. The van der Waals surface area contributed by atoms with Crippen LogP contribution in [0.1, 0.15) is 6.92 Å². The highest BCUT2D eigenvalue weighted by Gasteiger charge is 2.13. The first-order valence-corrected chi connectivity index (χ1v) is 9.59. The number of hydrogen-bond acceptors (Lipinski definition) is 1. The molecule has 1 aromatic carbocycles. The summed E-state index contributed by atoms with van der Waals surface area (Å²) in [6.07, 6.45) is 0. The summed E-state index contributed by atoms with van der Waals surface area (Å²) in [5.74, 6) is 0. The maximum Gasteiger partial charge on any atom is 0.195 e. The SMILES string of the molecule is CC[SiH](O[SiH](C)C)c1ccccc1. The first kappa shape index (κ1) is 10.7. The zero-order chi connectivity index (χ0) is 9.68. The van der Waals surface area contributed by atoms with E-state index in [0.717, 1.165) is 0 Å². The largest absolute Gasteiger partial charge is 0.457 e. The molecule has 1 aromatic rings. The van der Waals surface area contributed by atoms with Gasteiger partial charge in [0.25, 0.3) is 0 Å². The van der Waals surface area contributed by atoms with E-state index in [-0.39, 0.29) is 0 Å². The fraction of sp³-hybridized carbons (Fsp3) is 0.400. The highest BCUT2D eigenvalue weighted by atomic mass is 28.4. The van der Waals surface area contributed by atoms with Crippen molar-refractivity contribution in [2.75, 3.05) is 0 Å². The Bertz CT molecular complexity index is 236. The van der Waals surface area contributed by atoms with E-state index in [1.165, 1.54) is 11.2 Å². The van der Waals surface area contributed by atoms with E-state index < -0.39 is 18.1 Å². The van der Waals surface area contributed by atoms with Gasteiger partial charge in [-0.25, -0.2) is 0 Å². The molecule has 1 unspecified atom stereocenters. The van der Waals surface area contributed by atoms with Crippen molar-refractivity contribution in [1.82, 2.24) is 0 Å². The maximum absolute atomic E-state index is 6.06. The summed E-state index contributed by atoms with van der Waals surface area (Å²) in [4.78, 5) is 0. The predicted molar refractivity (Wildman–Crippen MR) is 63.7 cm³/mol. The lowest BCUT2D eigenvalue weighted by Gasteiger charge is -2.17. The van der Waals surface area contributed by atoms with Gasteiger partial charge in [-0.3, -0.25) is 0 Å². The van der Waals surface area contributed by atoms with Crippen LogP contribution in [-0.2, 0) is 4.12 Å². The van der Waals surface area contributed by atoms with Crippen molar-refractivity contribution in [2.45, 2.75) is 26.1 Å². The van der Waals surface area contributed by atoms with E-state index >= 15 is 0 Å². The van der Waals surface area contributed by atoms with Gasteiger partial charge in [0, 0.05) is 0 Å². The van der Waals surface area contributed by atoms with Crippen LogP contribution < -0.4 is 5.19 Å². The predicted octanol–water partition coefficient (Wildman–Crippen LogP) is 1.64. The van der Waals surface area contributed by atoms with Crippen molar-refractivity contribution in [1.29, 1.82) is 0 Å². The molecular formula is C10H18OSi2. The fourth-order valence-corrected chi connectivity index (χ4v) is 6.56. The fourth-order valence-electron chi connectivity index (χ4n) is 1.41. The van der Waals surface area contributed by atoms with Gasteiger partial charge in [0.15, 0.2) is 18.1 Å². The highest BCUT2D eigenvalue weighted by Crippen LogP contribution is 1.98. The zero-order valence-electron chi connectivity index (χ0n) is 8.66. The second-order valence-corrected chi connectivity index (χ2v) is 9.14. The standard InChI is InChI=1S/C10H18OSi2/c1-4-13(11-12(2)3)10-8-6-5-7-9-10/h5-9,12-13H,4H2,1-3H3. The number of rotatable bonds is 4. The third kappa shape index (κ3) is 3.46. The van der Waals surface area contributed by atoms with Crippen LogP contribution in [0.15, 0.2) is 30.3 Å². The third-order valence-electron chi connectivity index (χ3n) is 1.98. The molecule has 0 spiro atoms. The lowest BCUT2D eigenvalue weighted by molar-refractivity contribution is 0.607. The van der Waals surface area contributed by atoms with Crippen LogP contribution in [0.4, 0.5) is 0 Å². The lowest BCUT2D eigenvalue weighted by atomic mass is 10.4. The van der Waals surface area contributed by atoms with Crippen molar-refractivity contribution < 1.29 is 4.12 Å². The Hall–Kier alpha value is -0.386. The summed E-state index contributed by atoms with van der Waals surface area (Å²) in [6.45, 7) is 6.73. The van der Waals surface area contributed by atoms with Crippen LogP contribution in [-0.4, -0.2) is 18.1 Å². The Balaban J connectivity index is 2.67. The van der Waals surface area contributed by atoms with Crippen molar-refractivity contribution in [3.8, 4) is 0 Å². The summed E-state index contributed by atoms with van der Waals surface area (Å²) < 4.78 is 6.06. The molecule has 1 atom stereocenters. The molecule has 0 aliphatic heterocycles. The maximum atomic E-state index is 6.06. The van der Waals surface area contributed by atoms with Gasteiger partial charge in [0.05, 0.1) is 0 Å². The van der Waals surface area contributed by atoms with E-state index in [2.05, 4.69) is 50.3 Å². The highest BCUT2D eigenvalue weighted by molar-refractivity contribution is 6.74. The molecule has 0 aromatic heterocycles. The molecule has 0 fully saturated rings. The Morgan fingerprint density at radius 3 is 2.23 bits per heavy atom. The van der Waals surface area contributed by atoms with Gasteiger partial charge >= 0.3 is 0 Å². The van der Waals surface area contributed by atoms with E-state index in [1.54, 1.807) is 0 Å². The summed E-state index contributed by atoms with van der Waals surface area (Å²) in [5, 5.41) is 1.45. The smallest absolute Gasteiger partial charge is 0.195 e. The van der Waals surface area contributed by atoms with Crippen LogP contribution in [0.5, 0.6) is 0 Å². The van der Waals surface area contributed by atoms with E-state index in [0.29, 0.717) is 0 Å². The van der Waals surface area contributed by atoms with Crippen molar-refractivity contribution in [3.63, 3.8) is 0 Å². The van der Waals surface area contributed by atoms with Crippen molar-refractivity contribution in [2.24, 2.45) is 0 Å². The first-order valence-electron chi connectivity index (χ1n) is 4.94. The van der Waals surface area contributed by atoms with E-state index in [1.807, 2.05) is 0 Å². The minimum Gasteiger partial charge on any atom is -0.457 e. The molecule has 0 bridgehead atoms. The van der Waals surface area contributed by atoms with Gasteiger partial charge in [0.2, 0.25) is 0 Å². The molecule has 0 aliphatic carbocycles. The molecule has 13 heavy (non-hydrogen) atoms.